The van der Waals surface area contributed by atoms with Crippen molar-refractivity contribution >= 4 is 5.84 Å². The van der Waals surface area contributed by atoms with E-state index in [1.165, 1.54) is 6.07 Å². The highest BCUT2D eigenvalue weighted by atomic mass is 19.1. The van der Waals surface area contributed by atoms with Gasteiger partial charge in [-0.25, -0.2) is 4.39 Å². The standard InChI is InChI=1S/C15H14FN5/c16-11-4-5-13-12(8-11)15(20-6-2-1-3-7-20)17-9-14-19-18-10-21(13)14/h1-2,4-5,8,10H,3,6-7,9H2. The molecule has 1 aromatic carbocycles. The van der Waals surface area contributed by atoms with Gasteiger partial charge in [0.25, 0.3) is 0 Å². The van der Waals surface area contributed by atoms with Crippen molar-refractivity contribution in [1.82, 2.24) is 19.7 Å². The number of nitrogens with zero attached hydrogens (tertiary/aromatic N) is 5. The van der Waals surface area contributed by atoms with Crippen molar-refractivity contribution in [2.24, 2.45) is 4.99 Å². The summed E-state index contributed by atoms with van der Waals surface area (Å²) >= 11 is 0. The first-order valence-electron chi connectivity index (χ1n) is 6.96. The number of rotatable bonds is 0. The summed E-state index contributed by atoms with van der Waals surface area (Å²) in [6, 6.07) is 4.77. The molecule has 2 aliphatic heterocycles. The Bertz CT molecular complexity index is 746. The predicted octanol–water partition coefficient (Wildman–Crippen LogP) is 1.93. The number of fused-ring (bicyclic) bond motifs is 3. The van der Waals surface area contributed by atoms with E-state index < -0.39 is 0 Å². The third-order valence-corrected chi connectivity index (χ3v) is 3.81. The summed E-state index contributed by atoms with van der Waals surface area (Å²) in [6.45, 7) is 2.15. The summed E-state index contributed by atoms with van der Waals surface area (Å²) < 4.78 is 15.6. The molecule has 5 nitrogen and oxygen atoms in total. The highest BCUT2D eigenvalue weighted by Gasteiger charge is 2.23. The van der Waals surface area contributed by atoms with Gasteiger partial charge < -0.3 is 4.90 Å². The number of aliphatic imine (C=N–C) groups is 1. The quantitative estimate of drug-likeness (QED) is 0.694. The lowest BCUT2D eigenvalue weighted by atomic mass is 10.1. The van der Waals surface area contributed by atoms with Crippen molar-refractivity contribution in [1.29, 1.82) is 0 Å². The van der Waals surface area contributed by atoms with Crippen LogP contribution in [-0.2, 0) is 6.54 Å². The summed E-state index contributed by atoms with van der Waals surface area (Å²) in [5.41, 5.74) is 1.67. The molecule has 0 aliphatic carbocycles. The minimum Gasteiger partial charge on any atom is -0.352 e. The van der Waals surface area contributed by atoms with Crippen LogP contribution in [0.5, 0.6) is 0 Å². The molecule has 6 heteroatoms. The fourth-order valence-corrected chi connectivity index (χ4v) is 2.80. The van der Waals surface area contributed by atoms with E-state index in [0.29, 0.717) is 6.54 Å². The van der Waals surface area contributed by atoms with Crippen molar-refractivity contribution in [2.75, 3.05) is 13.1 Å². The maximum Gasteiger partial charge on any atom is 0.159 e. The lowest BCUT2D eigenvalue weighted by Gasteiger charge is -2.27. The number of benzene rings is 1. The van der Waals surface area contributed by atoms with Gasteiger partial charge in [0.1, 0.15) is 24.5 Å². The first-order valence-corrected chi connectivity index (χ1v) is 6.96. The molecule has 2 aliphatic rings. The molecule has 0 atom stereocenters. The highest BCUT2D eigenvalue weighted by molar-refractivity contribution is 6.02. The zero-order chi connectivity index (χ0) is 14.2. The zero-order valence-electron chi connectivity index (χ0n) is 11.4. The maximum atomic E-state index is 13.7. The van der Waals surface area contributed by atoms with Crippen LogP contribution in [0.3, 0.4) is 0 Å². The average molecular weight is 283 g/mol. The van der Waals surface area contributed by atoms with Gasteiger partial charge in [0, 0.05) is 18.7 Å². The third kappa shape index (κ3) is 2.03. The van der Waals surface area contributed by atoms with Crippen LogP contribution in [-0.4, -0.2) is 38.6 Å². The molecule has 3 heterocycles. The lowest BCUT2D eigenvalue weighted by molar-refractivity contribution is 0.453. The Morgan fingerprint density at radius 3 is 3.00 bits per heavy atom. The van der Waals surface area contributed by atoms with Gasteiger partial charge in [0.2, 0.25) is 0 Å². The summed E-state index contributed by atoms with van der Waals surface area (Å²) in [4.78, 5) is 6.84. The average Bonchev–Trinajstić information content (AvgIpc) is 2.92. The Kier molecular flexibility index (Phi) is 2.80. The van der Waals surface area contributed by atoms with Crippen molar-refractivity contribution in [3.8, 4) is 5.69 Å². The first kappa shape index (κ1) is 12.3. The molecular weight excluding hydrogens is 269 g/mol. The van der Waals surface area contributed by atoms with Crippen LogP contribution in [0.2, 0.25) is 0 Å². The van der Waals surface area contributed by atoms with Crippen molar-refractivity contribution in [3.63, 3.8) is 0 Å². The first-order chi connectivity index (χ1) is 10.3. The fourth-order valence-electron chi connectivity index (χ4n) is 2.80. The number of aromatic nitrogens is 3. The van der Waals surface area contributed by atoms with Gasteiger partial charge in [-0.1, -0.05) is 12.2 Å². The summed E-state index contributed by atoms with van der Waals surface area (Å²) in [7, 11) is 0. The molecule has 21 heavy (non-hydrogen) atoms. The molecule has 0 saturated heterocycles. The zero-order valence-corrected chi connectivity index (χ0v) is 11.4. The SMILES string of the molecule is Fc1ccc2c(c1)C(N1CC=CCC1)=NCc1nncn1-2. The van der Waals surface area contributed by atoms with Gasteiger partial charge >= 0.3 is 0 Å². The number of amidine groups is 1. The monoisotopic (exact) mass is 283 g/mol. The van der Waals surface area contributed by atoms with Crippen molar-refractivity contribution in [2.45, 2.75) is 13.0 Å². The molecule has 0 saturated carbocycles. The highest BCUT2D eigenvalue weighted by Crippen LogP contribution is 2.24. The van der Waals surface area contributed by atoms with Crippen LogP contribution >= 0.6 is 0 Å². The van der Waals surface area contributed by atoms with E-state index in [0.717, 1.165) is 42.4 Å². The van der Waals surface area contributed by atoms with Gasteiger partial charge in [-0.2, -0.15) is 0 Å². The van der Waals surface area contributed by atoms with Gasteiger partial charge in [-0.15, -0.1) is 10.2 Å². The Labute approximate surface area is 121 Å². The lowest BCUT2D eigenvalue weighted by Crippen LogP contribution is -2.35. The van der Waals surface area contributed by atoms with E-state index in [1.807, 2.05) is 4.57 Å². The molecule has 0 fully saturated rings. The second-order valence-electron chi connectivity index (χ2n) is 5.12. The molecule has 0 radical (unpaired) electrons. The van der Waals surface area contributed by atoms with Gasteiger partial charge in [0.15, 0.2) is 5.82 Å². The van der Waals surface area contributed by atoms with E-state index in [2.05, 4.69) is 32.2 Å². The third-order valence-electron chi connectivity index (χ3n) is 3.81. The Morgan fingerprint density at radius 2 is 2.14 bits per heavy atom. The number of halogens is 1. The predicted molar refractivity (Wildman–Crippen MR) is 76.9 cm³/mol. The number of hydrogen-bond acceptors (Lipinski definition) is 4. The molecule has 1 aromatic heterocycles. The Hall–Kier alpha value is -2.50. The van der Waals surface area contributed by atoms with Crippen LogP contribution < -0.4 is 0 Å². The van der Waals surface area contributed by atoms with Crippen LogP contribution in [0.4, 0.5) is 4.39 Å². The molecule has 106 valence electrons. The van der Waals surface area contributed by atoms with Crippen molar-refractivity contribution < 1.29 is 4.39 Å². The summed E-state index contributed by atoms with van der Waals surface area (Å²) in [5.74, 6) is 1.34. The smallest absolute Gasteiger partial charge is 0.159 e. The van der Waals surface area contributed by atoms with E-state index in [9.17, 15) is 4.39 Å². The topological polar surface area (TPSA) is 46.3 Å². The van der Waals surface area contributed by atoms with Crippen LogP contribution in [0, 0.1) is 5.82 Å². The Morgan fingerprint density at radius 1 is 1.19 bits per heavy atom. The molecule has 0 amide bonds. The van der Waals surface area contributed by atoms with E-state index in [-0.39, 0.29) is 5.82 Å². The molecular formula is C15H14FN5. The minimum atomic E-state index is -0.259. The Balaban J connectivity index is 1.88. The minimum absolute atomic E-state index is 0.259. The van der Waals surface area contributed by atoms with Gasteiger partial charge in [-0.3, -0.25) is 9.56 Å². The molecule has 0 spiro atoms. The van der Waals surface area contributed by atoms with Crippen molar-refractivity contribution in [3.05, 3.63) is 53.9 Å². The van der Waals surface area contributed by atoms with Crippen LogP contribution in [0.15, 0.2) is 41.7 Å². The molecule has 0 N–H and O–H groups in total. The number of hydrogen-bond donors (Lipinski definition) is 0. The van der Waals surface area contributed by atoms with E-state index in [1.54, 1.807) is 18.5 Å². The van der Waals surface area contributed by atoms with Crippen LogP contribution in [0.1, 0.15) is 17.8 Å². The normalized spacial score (nSPS) is 17.0. The largest absolute Gasteiger partial charge is 0.352 e. The van der Waals surface area contributed by atoms with E-state index in [4.69, 9.17) is 0 Å². The van der Waals surface area contributed by atoms with Gasteiger partial charge in [0.05, 0.1) is 5.69 Å². The second-order valence-corrected chi connectivity index (χ2v) is 5.12. The van der Waals surface area contributed by atoms with Crippen LogP contribution in [0.25, 0.3) is 5.69 Å². The van der Waals surface area contributed by atoms with E-state index >= 15 is 0 Å². The van der Waals surface area contributed by atoms with Gasteiger partial charge in [-0.05, 0) is 24.6 Å². The molecule has 0 bridgehead atoms. The molecule has 2 aromatic rings. The second kappa shape index (κ2) is 4.80. The molecule has 4 rings (SSSR count). The molecule has 0 unspecified atom stereocenters. The fraction of sp³-hybridized carbons (Fsp3) is 0.267. The maximum absolute atomic E-state index is 13.7. The summed E-state index contributed by atoms with van der Waals surface area (Å²) in [5, 5.41) is 8.03. The summed E-state index contributed by atoms with van der Waals surface area (Å²) in [6.07, 6.45) is 6.92.